The second kappa shape index (κ2) is 7.94. The maximum atomic E-state index is 12.3. The molecule has 0 bridgehead atoms. The monoisotopic (exact) mass is 350 g/mol. The lowest BCUT2D eigenvalue weighted by Crippen LogP contribution is -2.17. The van der Waals surface area contributed by atoms with Crippen LogP contribution in [0.1, 0.15) is 38.5 Å². The molecule has 0 spiro atoms. The van der Waals surface area contributed by atoms with Gasteiger partial charge in [0.05, 0.1) is 13.2 Å². The number of methoxy groups -OCH3 is 1. The van der Waals surface area contributed by atoms with Gasteiger partial charge in [-0.15, -0.1) is 0 Å². The van der Waals surface area contributed by atoms with Gasteiger partial charge in [0, 0.05) is 13.5 Å². The quantitative estimate of drug-likeness (QED) is 0.774. The summed E-state index contributed by atoms with van der Waals surface area (Å²) >= 11 is 5.99. The van der Waals surface area contributed by atoms with Gasteiger partial charge in [-0.25, -0.2) is 9.97 Å². The largest absolute Gasteiger partial charge is 0.383 e. The van der Waals surface area contributed by atoms with Gasteiger partial charge in [-0.05, 0) is 24.5 Å². The minimum atomic E-state index is 0.00182. The number of pyridine rings is 1. The van der Waals surface area contributed by atoms with Gasteiger partial charge in [0.25, 0.3) is 0 Å². The molecule has 130 valence electrons. The first kappa shape index (κ1) is 17.2. The molecule has 1 saturated carbocycles. The van der Waals surface area contributed by atoms with Crippen molar-refractivity contribution in [2.75, 3.05) is 19.0 Å². The van der Waals surface area contributed by atoms with Crippen LogP contribution < -0.4 is 5.32 Å². The van der Waals surface area contributed by atoms with Crippen molar-refractivity contribution in [1.82, 2.24) is 14.5 Å². The number of hydrogen-bond acceptors (Lipinski definition) is 4. The summed E-state index contributed by atoms with van der Waals surface area (Å²) in [4.78, 5) is 21.1. The Labute approximate surface area is 146 Å². The highest BCUT2D eigenvalue weighted by Gasteiger charge is 2.18. The molecule has 2 heterocycles. The summed E-state index contributed by atoms with van der Waals surface area (Å²) in [6.07, 6.45) is 6.59. The smallest absolute Gasteiger partial charge is 0.226 e. The van der Waals surface area contributed by atoms with Crippen LogP contribution in [-0.2, 0) is 16.1 Å². The number of nitrogens with one attached hydrogen (secondary N) is 1. The number of anilines is 1. The van der Waals surface area contributed by atoms with Crippen LogP contribution in [0, 0.1) is 5.92 Å². The molecule has 1 aliphatic rings. The molecule has 0 aromatic carbocycles. The first-order valence-electron chi connectivity index (χ1n) is 8.49. The third-order valence-electron chi connectivity index (χ3n) is 4.58. The van der Waals surface area contributed by atoms with Crippen LogP contribution in [0.25, 0.3) is 11.2 Å². The van der Waals surface area contributed by atoms with Crippen molar-refractivity contribution in [3.63, 3.8) is 0 Å². The van der Waals surface area contributed by atoms with Gasteiger partial charge in [0.15, 0.2) is 5.65 Å². The predicted molar refractivity (Wildman–Crippen MR) is 94.2 cm³/mol. The lowest BCUT2D eigenvalue weighted by molar-refractivity contribution is -0.116. The minimum absolute atomic E-state index is 0.00182. The van der Waals surface area contributed by atoms with Gasteiger partial charge in [0.1, 0.15) is 10.7 Å². The molecule has 24 heavy (non-hydrogen) atoms. The van der Waals surface area contributed by atoms with Crippen molar-refractivity contribution in [2.24, 2.45) is 5.92 Å². The summed E-state index contributed by atoms with van der Waals surface area (Å²) < 4.78 is 6.99. The first-order chi connectivity index (χ1) is 11.7. The topological polar surface area (TPSA) is 69.0 Å². The Morgan fingerprint density at radius 2 is 2.17 bits per heavy atom. The van der Waals surface area contributed by atoms with E-state index in [1.54, 1.807) is 13.2 Å². The number of nitrogens with zero attached hydrogens (tertiary/aromatic N) is 3. The summed E-state index contributed by atoms with van der Waals surface area (Å²) in [5.41, 5.74) is 1.37. The van der Waals surface area contributed by atoms with E-state index in [4.69, 9.17) is 16.3 Å². The molecule has 2 aromatic rings. The Morgan fingerprint density at radius 3 is 2.92 bits per heavy atom. The van der Waals surface area contributed by atoms with Crippen molar-refractivity contribution in [3.05, 3.63) is 17.3 Å². The fraction of sp³-hybridized carbons (Fsp3) is 0.588. The number of hydrogen-bond donors (Lipinski definition) is 1. The van der Waals surface area contributed by atoms with E-state index in [1.165, 1.54) is 25.7 Å². The summed E-state index contributed by atoms with van der Waals surface area (Å²) in [7, 11) is 1.64. The molecular formula is C17H23ClN4O2. The van der Waals surface area contributed by atoms with Gasteiger partial charge in [-0.3, -0.25) is 14.7 Å². The van der Waals surface area contributed by atoms with Crippen LogP contribution in [0.2, 0.25) is 5.15 Å². The molecule has 1 amide bonds. The molecule has 0 unspecified atom stereocenters. The van der Waals surface area contributed by atoms with Crippen LogP contribution in [0.15, 0.2) is 12.1 Å². The van der Waals surface area contributed by atoms with Gasteiger partial charge in [-0.1, -0.05) is 37.3 Å². The zero-order chi connectivity index (χ0) is 16.9. The van der Waals surface area contributed by atoms with E-state index >= 15 is 0 Å². The lowest BCUT2D eigenvalue weighted by atomic mass is 10.0. The zero-order valence-electron chi connectivity index (χ0n) is 13.9. The molecule has 1 aliphatic carbocycles. The third kappa shape index (κ3) is 4.05. The minimum Gasteiger partial charge on any atom is -0.383 e. The molecule has 2 aromatic heterocycles. The fourth-order valence-corrected chi connectivity index (χ4v) is 3.43. The number of rotatable bonds is 7. The third-order valence-corrected chi connectivity index (χ3v) is 4.79. The summed E-state index contributed by atoms with van der Waals surface area (Å²) in [5.74, 6) is 1.21. The molecule has 7 heteroatoms. The van der Waals surface area contributed by atoms with Gasteiger partial charge in [0.2, 0.25) is 11.9 Å². The van der Waals surface area contributed by atoms with Gasteiger partial charge >= 0.3 is 0 Å². The summed E-state index contributed by atoms with van der Waals surface area (Å²) in [6.45, 7) is 1.06. The van der Waals surface area contributed by atoms with Gasteiger partial charge < -0.3 is 4.74 Å². The molecule has 0 atom stereocenters. The molecule has 0 radical (unpaired) electrons. The first-order valence-corrected chi connectivity index (χ1v) is 8.86. The molecule has 1 fully saturated rings. The fourth-order valence-electron chi connectivity index (χ4n) is 3.29. The molecule has 0 saturated heterocycles. The normalized spacial score (nSPS) is 15.2. The van der Waals surface area contributed by atoms with Gasteiger partial charge in [-0.2, -0.15) is 0 Å². The van der Waals surface area contributed by atoms with Crippen LogP contribution in [0.5, 0.6) is 0 Å². The van der Waals surface area contributed by atoms with Crippen LogP contribution in [0.4, 0.5) is 5.95 Å². The molecule has 0 aliphatic heterocycles. The van der Waals surface area contributed by atoms with Crippen molar-refractivity contribution >= 4 is 34.6 Å². The summed E-state index contributed by atoms with van der Waals surface area (Å²) in [5, 5.41) is 3.33. The van der Waals surface area contributed by atoms with E-state index in [0.29, 0.717) is 47.8 Å². The predicted octanol–water partition coefficient (Wildman–Crippen LogP) is 3.64. The van der Waals surface area contributed by atoms with Crippen LogP contribution in [-0.4, -0.2) is 34.2 Å². The number of halogens is 1. The maximum Gasteiger partial charge on any atom is 0.226 e. The Morgan fingerprint density at radius 1 is 1.38 bits per heavy atom. The second-order valence-corrected chi connectivity index (χ2v) is 6.68. The number of ether oxygens (including phenoxy) is 1. The lowest BCUT2D eigenvalue weighted by Gasteiger charge is -2.11. The van der Waals surface area contributed by atoms with Crippen molar-refractivity contribution < 1.29 is 9.53 Å². The van der Waals surface area contributed by atoms with E-state index in [0.717, 1.165) is 6.42 Å². The zero-order valence-corrected chi connectivity index (χ0v) is 14.7. The van der Waals surface area contributed by atoms with E-state index in [2.05, 4.69) is 15.3 Å². The number of fused-ring (bicyclic) bond motifs is 1. The molecule has 3 rings (SSSR count). The Balaban J connectivity index is 1.73. The average molecular weight is 351 g/mol. The van der Waals surface area contributed by atoms with Crippen LogP contribution >= 0.6 is 11.6 Å². The van der Waals surface area contributed by atoms with Crippen molar-refractivity contribution in [3.8, 4) is 0 Å². The van der Waals surface area contributed by atoms with E-state index in [9.17, 15) is 4.79 Å². The maximum absolute atomic E-state index is 12.3. The Bertz CT molecular complexity index is 710. The number of carbonyl (C=O) groups excluding carboxylic acids is 1. The van der Waals surface area contributed by atoms with Crippen LogP contribution in [0.3, 0.4) is 0 Å². The average Bonchev–Trinajstić information content (AvgIpc) is 3.19. The van der Waals surface area contributed by atoms with E-state index in [-0.39, 0.29) is 5.91 Å². The summed E-state index contributed by atoms with van der Waals surface area (Å²) in [6, 6.07) is 3.51. The number of amides is 1. The molecule has 1 N–H and O–H groups in total. The standard InChI is InChI=1S/C17H23ClN4O2/c1-24-11-10-22-16-13(7-8-14(18)20-16)19-17(22)21-15(23)9-6-12-4-2-3-5-12/h7-8,12H,2-6,9-11H2,1H3,(H,19,21,23). The SMILES string of the molecule is COCCn1c(NC(=O)CCC2CCCC2)nc2ccc(Cl)nc21. The molecule has 6 nitrogen and oxygen atoms in total. The highest BCUT2D eigenvalue weighted by atomic mass is 35.5. The Kier molecular flexibility index (Phi) is 5.68. The second-order valence-electron chi connectivity index (χ2n) is 6.29. The van der Waals surface area contributed by atoms with E-state index < -0.39 is 0 Å². The van der Waals surface area contributed by atoms with Crippen molar-refractivity contribution in [2.45, 2.75) is 45.1 Å². The number of imidazole rings is 1. The van der Waals surface area contributed by atoms with E-state index in [1.807, 2.05) is 10.6 Å². The number of aromatic nitrogens is 3. The van der Waals surface area contributed by atoms with Crippen molar-refractivity contribution in [1.29, 1.82) is 0 Å². The highest BCUT2D eigenvalue weighted by Crippen LogP contribution is 2.28. The number of carbonyl (C=O) groups is 1. The molecular weight excluding hydrogens is 328 g/mol. The Hall–Kier alpha value is -1.66. The highest BCUT2D eigenvalue weighted by molar-refractivity contribution is 6.29.